The highest BCUT2D eigenvalue weighted by Crippen LogP contribution is 2.35. The highest BCUT2D eigenvalue weighted by Gasteiger charge is 2.18. The molecule has 0 unspecified atom stereocenters. The van der Waals surface area contributed by atoms with Crippen molar-refractivity contribution in [2.75, 3.05) is 36.7 Å². The number of benzene rings is 4. The number of hydrogen-bond donors (Lipinski definition) is 3. The fraction of sp³-hybridized carbons (Fsp3) is 0.229. The van der Waals surface area contributed by atoms with Gasteiger partial charge in [-0.2, -0.15) is 4.98 Å². The molecule has 226 valence electrons. The monoisotopic (exact) mass is 591 g/mol. The number of aromatic nitrogens is 2. The SMILES string of the molecule is COc1cccc(CCNc2nccc(Oc3ccc(NC(=O)Nc4cc(C(C)(C)C)ccc4OC)c4ccccc34)n2)c1. The van der Waals surface area contributed by atoms with Crippen LogP contribution >= 0.6 is 0 Å². The fourth-order valence-corrected chi connectivity index (χ4v) is 4.76. The van der Waals surface area contributed by atoms with Gasteiger partial charge in [0, 0.05) is 29.6 Å². The van der Waals surface area contributed by atoms with Gasteiger partial charge in [0.15, 0.2) is 0 Å². The van der Waals surface area contributed by atoms with Crippen LogP contribution in [0.25, 0.3) is 10.8 Å². The summed E-state index contributed by atoms with van der Waals surface area (Å²) in [5, 5.41) is 10.8. The largest absolute Gasteiger partial charge is 0.497 e. The third-order valence-corrected chi connectivity index (χ3v) is 7.12. The molecule has 0 bridgehead atoms. The fourth-order valence-electron chi connectivity index (χ4n) is 4.76. The Morgan fingerprint density at radius 2 is 1.57 bits per heavy atom. The number of nitrogens with zero attached hydrogens (tertiary/aromatic N) is 2. The maximum absolute atomic E-state index is 13.1. The van der Waals surface area contributed by atoms with E-state index in [2.05, 4.69) is 52.8 Å². The summed E-state index contributed by atoms with van der Waals surface area (Å²) in [6.45, 7) is 7.01. The van der Waals surface area contributed by atoms with Gasteiger partial charge in [-0.15, -0.1) is 0 Å². The molecule has 3 N–H and O–H groups in total. The van der Waals surface area contributed by atoms with E-state index in [0.717, 1.165) is 34.1 Å². The molecule has 0 saturated heterocycles. The van der Waals surface area contributed by atoms with E-state index < -0.39 is 0 Å². The summed E-state index contributed by atoms with van der Waals surface area (Å²) < 4.78 is 17.0. The number of carbonyl (C=O) groups is 1. The predicted molar refractivity (Wildman–Crippen MR) is 176 cm³/mol. The number of hydrogen-bond acceptors (Lipinski definition) is 7. The second-order valence-electron chi connectivity index (χ2n) is 11.2. The van der Waals surface area contributed by atoms with Crippen LogP contribution in [0.3, 0.4) is 0 Å². The first-order valence-corrected chi connectivity index (χ1v) is 14.4. The summed E-state index contributed by atoms with van der Waals surface area (Å²) in [5.74, 6) is 2.89. The van der Waals surface area contributed by atoms with Crippen LogP contribution in [0.4, 0.5) is 22.1 Å². The van der Waals surface area contributed by atoms with Crippen molar-refractivity contribution in [1.82, 2.24) is 9.97 Å². The van der Waals surface area contributed by atoms with Crippen molar-refractivity contribution in [3.05, 3.63) is 102 Å². The molecule has 0 aliphatic heterocycles. The van der Waals surface area contributed by atoms with Crippen molar-refractivity contribution >= 4 is 34.1 Å². The van der Waals surface area contributed by atoms with Crippen LogP contribution in [0, 0.1) is 0 Å². The number of anilines is 3. The van der Waals surface area contributed by atoms with Crippen LogP contribution in [0.15, 0.2) is 91.1 Å². The first-order valence-electron chi connectivity index (χ1n) is 14.4. The molecule has 0 radical (unpaired) electrons. The molecule has 44 heavy (non-hydrogen) atoms. The first kappa shape index (κ1) is 30.2. The van der Waals surface area contributed by atoms with E-state index >= 15 is 0 Å². The van der Waals surface area contributed by atoms with Crippen LogP contribution < -0.4 is 30.2 Å². The minimum absolute atomic E-state index is 0.0808. The molecule has 2 amide bonds. The molecule has 0 spiro atoms. The van der Waals surface area contributed by atoms with Gasteiger partial charge in [0.05, 0.1) is 25.6 Å². The number of nitrogens with one attached hydrogen (secondary N) is 3. The third kappa shape index (κ3) is 7.36. The molecule has 0 atom stereocenters. The smallest absolute Gasteiger partial charge is 0.323 e. The maximum atomic E-state index is 13.1. The van der Waals surface area contributed by atoms with Crippen molar-refractivity contribution in [2.24, 2.45) is 0 Å². The number of fused-ring (bicyclic) bond motifs is 1. The van der Waals surface area contributed by atoms with E-state index in [4.69, 9.17) is 14.2 Å². The third-order valence-electron chi connectivity index (χ3n) is 7.12. The lowest BCUT2D eigenvalue weighted by molar-refractivity contribution is 0.262. The maximum Gasteiger partial charge on any atom is 0.323 e. The molecular formula is C35H37N5O4. The molecule has 0 fully saturated rings. The van der Waals surface area contributed by atoms with Crippen molar-refractivity contribution in [1.29, 1.82) is 0 Å². The van der Waals surface area contributed by atoms with Crippen LogP contribution in [-0.2, 0) is 11.8 Å². The van der Waals surface area contributed by atoms with Crippen molar-refractivity contribution < 1.29 is 19.0 Å². The molecule has 9 heteroatoms. The number of ether oxygens (including phenoxy) is 3. The van der Waals surface area contributed by atoms with Crippen LogP contribution in [0.1, 0.15) is 31.9 Å². The topological polar surface area (TPSA) is 107 Å². The Bertz CT molecular complexity index is 1770. The highest BCUT2D eigenvalue weighted by atomic mass is 16.5. The summed E-state index contributed by atoms with van der Waals surface area (Å²) in [4.78, 5) is 22.0. The van der Waals surface area contributed by atoms with Gasteiger partial charge in [0.1, 0.15) is 17.2 Å². The second-order valence-corrected chi connectivity index (χ2v) is 11.2. The van der Waals surface area contributed by atoms with Gasteiger partial charge in [0.2, 0.25) is 11.8 Å². The summed E-state index contributed by atoms with van der Waals surface area (Å²) in [6, 6.07) is 26.5. The van der Waals surface area contributed by atoms with Crippen molar-refractivity contribution in [3.8, 4) is 23.1 Å². The van der Waals surface area contributed by atoms with Gasteiger partial charge in [-0.25, -0.2) is 9.78 Å². The van der Waals surface area contributed by atoms with Crippen molar-refractivity contribution in [2.45, 2.75) is 32.6 Å². The Morgan fingerprint density at radius 1 is 0.795 bits per heavy atom. The Kier molecular flexibility index (Phi) is 9.14. The molecule has 1 aromatic heterocycles. The molecule has 0 aliphatic carbocycles. The normalized spacial score (nSPS) is 11.1. The Labute approximate surface area is 257 Å². The predicted octanol–water partition coefficient (Wildman–Crippen LogP) is 8.04. The van der Waals surface area contributed by atoms with E-state index in [9.17, 15) is 4.79 Å². The molecular weight excluding hydrogens is 554 g/mol. The standard InChI is InChI=1S/C35H37N5O4/c1-35(2,3)24-13-15-31(43-5)29(22-24)39-34(41)38-28-14-16-30(27-12-7-6-11-26(27)28)44-32-18-20-37-33(40-32)36-19-17-23-9-8-10-25(21-23)42-4/h6-16,18,20-22H,17,19H2,1-5H3,(H,36,37,40)(H2,38,39,41). The molecule has 4 aromatic carbocycles. The molecule has 1 heterocycles. The summed E-state index contributed by atoms with van der Waals surface area (Å²) in [6.07, 6.45) is 2.44. The van der Waals surface area contributed by atoms with Gasteiger partial charge in [-0.3, -0.25) is 0 Å². The molecule has 5 aromatic rings. The number of amides is 2. The van der Waals surface area contributed by atoms with E-state index in [1.807, 2.05) is 72.8 Å². The Morgan fingerprint density at radius 3 is 2.34 bits per heavy atom. The van der Waals surface area contributed by atoms with Crippen LogP contribution in [-0.4, -0.2) is 36.8 Å². The van der Waals surface area contributed by atoms with Gasteiger partial charge in [0.25, 0.3) is 0 Å². The van der Waals surface area contributed by atoms with Gasteiger partial charge >= 0.3 is 6.03 Å². The van der Waals surface area contributed by atoms with Crippen LogP contribution in [0.5, 0.6) is 23.1 Å². The Hall–Kier alpha value is -5.31. The lowest BCUT2D eigenvalue weighted by Crippen LogP contribution is -2.21. The zero-order valence-electron chi connectivity index (χ0n) is 25.6. The van der Waals surface area contributed by atoms with E-state index in [-0.39, 0.29) is 11.4 Å². The molecule has 0 aliphatic rings. The number of carbonyl (C=O) groups excluding carboxylic acids is 1. The average molecular weight is 592 g/mol. The quantitative estimate of drug-likeness (QED) is 0.151. The zero-order chi connectivity index (χ0) is 31.1. The first-order chi connectivity index (χ1) is 21.2. The van der Waals surface area contributed by atoms with Crippen LogP contribution in [0.2, 0.25) is 0 Å². The average Bonchev–Trinajstić information content (AvgIpc) is 3.02. The number of rotatable bonds is 10. The minimum atomic E-state index is -0.381. The highest BCUT2D eigenvalue weighted by molar-refractivity contribution is 6.08. The number of methoxy groups -OCH3 is 2. The lowest BCUT2D eigenvalue weighted by atomic mass is 9.87. The summed E-state index contributed by atoms with van der Waals surface area (Å²) in [5.41, 5.74) is 3.39. The van der Waals surface area contributed by atoms with Crippen molar-refractivity contribution in [3.63, 3.8) is 0 Å². The minimum Gasteiger partial charge on any atom is -0.497 e. The zero-order valence-corrected chi connectivity index (χ0v) is 25.6. The number of urea groups is 1. The molecule has 0 saturated carbocycles. The second kappa shape index (κ2) is 13.3. The molecule has 5 rings (SSSR count). The van der Waals surface area contributed by atoms with E-state index in [1.54, 1.807) is 26.5 Å². The lowest BCUT2D eigenvalue weighted by Gasteiger charge is -2.21. The van der Waals surface area contributed by atoms with E-state index in [0.29, 0.717) is 41.2 Å². The van der Waals surface area contributed by atoms with Gasteiger partial charge < -0.3 is 30.2 Å². The Balaban J connectivity index is 1.29. The summed E-state index contributed by atoms with van der Waals surface area (Å²) in [7, 11) is 3.24. The molecule has 9 nitrogen and oxygen atoms in total. The van der Waals surface area contributed by atoms with Gasteiger partial charge in [-0.05, 0) is 59.4 Å². The van der Waals surface area contributed by atoms with Gasteiger partial charge in [-0.1, -0.05) is 63.2 Å². The summed E-state index contributed by atoms with van der Waals surface area (Å²) >= 11 is 0. The van der Waals surface area contributed by atoms with E-state index in [1.165, 1.54) is 0 Å².